The van der Waals surface area contributed by atoms with Crippen LogP contribution in [0.25, 0.3) is 0 Å². The van der Waals surface area contributed by atoms with Gasteiger partial charge < -0.3 is 10.5 Å². The van der Waals surface area contributed by atoms with E-state index in [2.05, 4.69) is 4.98 Å². The second kappa shape index (κ2) is 5.53. The van der Waals surface area contributed by atoms with Crippen LogP contribution in [0.4, 0.5) is 10.1 Å². The highest BCUT2D eigenvalue weighted by molar-refractivity contribution is 5.95. The first-order chi connectivity index (χ1) is 9.88. The maximum atomic E-state index is 13.7. The number of hydrogen-bond donors (Lipinski definition) is 2. The van der Waals surface area contributed by atoms with Gasteiger partial charge >= 0.3 is 5.69 Å². The smallest absolute Gasteiger partial charge is 0.314 e. The summed E-state index contributed by atoms with van der Waals surface area (Å²) in [6.45, 7) is 1.63. The Balaban J connectivity index is 2.48. The van der Waals surface area contributed by atoms with Crippen LogP contribution in [0.5, 0.6) is 11.6 Å². The number of nitrogens with one attached hydrogen (secondary N) is 1. The zero-order valence-corrected chi connectivity index (χ0v) is 11.0. The lowest BCUT2D eigenvalue weighted by atomic mass is 10.2. The SMILES string of the molecule is Cc1cc(C(=N)N)cc(Oc2c(F)cccc2[N+](=O)[O-])n1. The number of rotatable bonds is 4. The number of hydrogen-bond acceptors (Lipinski definition) is 5. The Morgan fingerprint density at radius 3 is 2.81 bits per heavy atom. The summed E-state index contributed by atoms with van der Waals surface area (Å²) < 4.78 is 18.9. The molecule has 0 radical (unpaired) electrons. The van der Waals surface area contributed by atoms with Crippen LogP contribution in [0.15, 0.2) is 30.3 Å². The second-order valence-corrected chi connectivity index (χ2v) is 4.20. The summed E-state index contributed by atoms with van der Waals surface area (Å²) in [5.74, 6) is -1.70. The lowest BCUT2D eigenvalue weighted by molar-refractivity contribution is -0.385. The quantitative estimate of drug-likeness (QED) is 0.388. The van der Waals surface area contributed by atoms with E-state index in [0.29, 0.717) is 11.3 Å². The minimum atomic E-state index is -0.878. The van der Waals surface area contributed by atoms with Gasteiger partial charge in [-0.3, -0.25) is 15.5 Å². The van der Waals surface area contributed by atoms with E-state index < -0.39 is 22.2 Å². The first kappa shape index (κ1) is 14.4. The summed E-state index contributed by atoms with van der Waals surface area (Å²) in [4.78, 5) is 14.1. The number of halogens is 1. The van der Waals surface area contributed by atoms with Gasteiger partial charge in [0.25, 0.3) is 0 Å². The fourth-order valence-electron chi connectivity index (χ4n) is 1.69. The van der Waals surface area contributed by atoms with E-state index in [0.717, 1.165) is 12.1 Å². The normalized spacial score (nSPS) is 10.2. The monoisotopic (exact) mass is 290 g/mol. The molecule has 0 fully saturated rings. The van der Waals surface area contributed by atoms with Gasteiger partial charge in [0, 0.05) is 23.4 Å². The Morgan fingerprint density at radius 2 is 2.19 bits per heavy atom. The van der Waals surface area contributed by atoms with Crippen molar-refractivity contribution in [3.8, 4) is 11.6 Å². The number of nitrogen functional groups attached to an aromatic ring is 1. The molecule has 0 aliphatic carbocycles. The zero-order valence-electron chi connectivity index (χ0n) is 11.0. The maximum Gasteiger partial charge on any atom is 0.314 e. The summed E-state index contributed by atoms with van der Waals surface area (Å²) in [5, 5.41) is 18.3. The van der Waals surface area contributed by atoms with Gasteiger partial charge in [-0.25, -0.2) is 9.37 Å². The topological polar surface area (TPSA) is 115 Å². The molecule has 0 unspecified atom stereocenters. The highest BCUT2D eigenvalue weighted by Crippen LogP contribution is 2.33. The average molecular weight is 290 g/mol. The van der Waals surface area contributed by atoms with Crippen LogP contribution in [0.3, 0.4) is 0 Å². The zero-order chi connectivity index (χ0) is 15.6. The third-order valence-corrected chi connectivity index (χ3v) is 2.59. The van der Waals surface area contributed by atoms with Gasteiger partial charge in [-0.05, 0) is 19.1 Å². The standard InChI is InChI=1S/C13H11FN4O3/c1-7-5-8(13(15)16)6-11(17-7)21-12-9(14)3-2-4-10(12)18(19)20/h2-6H,1H3,(H3,15,16). The molecule has 1 aromatic heterocycles. The van der Waals surface area contributed by atoms with Gasteiger partial charge in [0.15, 0.2) is 5.82 Å². The number of nitro benzene ring substituents is 1. The maximum absolute atomic E-state index is 13.7. The van der Waals surface area contributed by atoms with Crippen LogP contribution in [-0.4, -0.2) is 15.7 Å². The summed E-state index contributed by atoms with van der Waals surface area (Å²) >= 11 is 0. The predicted molar refractivity (Wildman–Crippen MR) is 73.1 cm³/mol. The summed E-state index contributed by atoms with van der Waals surface area (Å²) in [5.41, 5.74) is 5.67. The second-order valence-electron chi connectivity index (χ2n) is 4.20. The molecule has 2 aromatic rings. The van der Waals surface area contributed by atoms with Crippen molar-refractivity contribution < 1.29 is 14.1 Å². The molecule has 1 heterocycles. The predicted octanol–water partition coefficient (Wildman–Crippen LogP) is 2.51. The van der Waals surface area contributed by atoms with Gasteiger partial charge in [-0.15, -0.1) is 0 Å². The molecule has 0 aliphatic heterocycles. The van der Waals surface area contributed by atoms with Crippen molar-refractivity contribution in [3.05, 3.63) is 57.5 Å². The minimum Gasteiger partial charge on any atom is -0.429 e. The van der Waals surface area contributed by atoms with Crippen LogP contribution in [0.1, 0.15) is 11.3 Å². The Hall–Kier alpha value is -3.03. The van der Waals surface area contributed by atoms with Crippen LogP contribution < -0.4 is 10.5 Å². The van der Waals surface area contributed by atoms with E-state index in [1.807, 2.05) is 0 Å². The van der Waals surface area contributed by atoms with Crippen molar-refractivity contribution in [2.75, 3.05) is 0 Å². The Bertz CT molecular complexity index is 733. The number of ether oxygens (including phenoxy) is 1. The summed E-state index contributed by atoms with van der Waals surface area (Å²) in [7, 11) is 0. The first-order valence-corrected chi connectivity index (χ1v) is 5.82. The molecule has 0 aliphatic rings. The number of aryl methyl sites for hydroxylation is 1. The number of pyridine rings is 1. The van der Waals surface area contributed by atoms with Gasteiger partial charge in [0.05, 0.1) is 4.92 Å². The molecule has 0 saturated heterocycles. The van der Waals surface area contributed by atoms with Crippen molar-refractivity contribution >= 4 is 11.5 Å². The molecule has 0 amide bonds. The number of nitrogens with two attached hydrogens (primary N) is 1. The van der Waals surface area contributed by atoms with E-state index in [1.165, 1.54) is 12.1 Å². The fraction of sp³-hybridized carbons (Fsp3) is 0.0769. The number of benzene rings is 1. The molecule has 21 heavy (non-hydrogen) atoms. The van der Waals surface area contributed by atoms with Crippen LogP contribution in [0.2, 0.25) is 0 Å². The Labute approximate surface area is 118 Å². The number of para-hydroxylation sites is 1. The van der Waals surface area contributed by atoms with E-state index >= 15 is 0 Å². The van der Waals surface area contributed by atoms with Crippen molar-refractivity contribution in [1.29, 1.82) is 5.41 Å². The van der Waals surface area contributed by atoms with Gasteiger partial charge in [0.1, 0.15) is 5.84 Å². The lowest BCUT2D eigenvalue weighted by Crippen LogP contribution is -2.12. The number of nitro groups is 1. The van der Waals surface area contributed by atoms with Crippen molar-refractivity contribution in [2.45, 2.75) is 6.92 Å². The summed E-state index contributed by atoms with van der Waals surface area (Å²) in [6, 6.07) is 6.24. The molecule has 1 aromatic carbocycles. The van der Waals surface area contributed by atoms with Crippen molar-refractivity contribution in [1.82, 2.24) is 4.98 Å². The molecule has 0 spiro atoms. The largest absolute Gasteiger partial charge is 0.429 e. The molecule has 2 rings (SSSR count). The molecular formula is C13H11FN4O3. The highest BCUT2D eigenvalue weighted by atomic mass is 19.1. The highest BCUT2D eigenvalue weighted by Gasteiger charge is 2.21. The van der Waals surface area contributed by atoms with Gasteiger partial charge in [0.2, 0.25) is 11.6 Å². The van der Waals surface area contributed by atoms with Crippen LogP contribution in [0, 0.1) is 28.3 Å². The van der Waals surface area contributed by atoms with E-state index in [1.54, 1.807) is 13.0 Å². The third-order valence-electron chi connectivity index (χ3n) is 2.59. The lowest BCUT2D eigenvalue weighted by Gasteiger charge is -2.08. The molecule has 108 valence electrons. The number of nitrogens with zero attached hydrogens (tertiary/aromatic N) is 2. The van der Waals surface area contributed by atoms with E-state index in [4.69, 9.17) is 15.9 Å². The molecule has 0 atom stereocenters. The van der Waals surface area contributed by atoms with E-state index in [-0.39, 0.29) is 11.7 Å². The number of amidine groups is 1. The van der Waals surface area contributed by atoms with Crippen LogP contribution in [-0.2, 0) is 0 Å². The van der Waals surface area contributed by atoms with Crippen molar-refractivity contribution in [2.24, 2.45) is 5.73 Å². The van der Waals surface area contributed by atoms with Crippen molar-refractivity contribution in [3.63, 3.8) is 0 Å². The molecule has 0 bridgehead atoms. The molecule has 0 saturated carbocycles. The average Bonchev–Trinajstić information content (AvgIpc) is 2.40. The number of aromatic nitrogens is 1. The van der Waals surface area contributed by atoms with Crippen LogP contribution >= 0.6 is 0 Å². The first-order valence-electron chi connectivity index (χ1n) is 5.82. The molecule has 7 nitrogen and oxygen atoms in total. The molecular weight excluding hydrogens is 279 g/mol. The van der Waals surface area contributed by atoms with Gasteiger partial charge in [-0.1, -0.05) is 6.07 Å². The summed E-state index contributed by atoms with van der Waals surface area (Å²) in [6.07, 6.45) is 0. The third kappa shape index (κ3) is 3.11. The Kier molecular flexibility index (Phi) is 3.79. The van der Waals surface area contributed by atoms with Gasteiger partial charge in [-0.2, -0.15) is 0 Å². The molecule has 3 N–H and O–H groups in total. The Morgan fingerprint density at radius 1 is 1.48 bits per heavy atom. The van der Waals surface area contributed by atoms with E-state index in [9.17, 15) is 14.5 Å². The fourth-order valence-corrected chi connectivity index (χ4v) is 1.69. The minimum absolute atomic E-state index is 0.0756. The molecule has 8 heteroatoms.